The van der Waals surface area contributed by atoms with Crippen LogP contribution in [-0.4, -0.2) is 35.0 Å². The molecule has 0 radical (unpaired) electrons. The summed E-state index contributed by atoms with van der Waals surface area (Å²) >= 11 is 0. The number of carbonyl (C=O) groups excluding carboxylic acids is 2. The van der Waals surface area contributed by atoms with Crippen molar-refractivity contribution in [3.05, 3.63) is 96.3 Å². The van der Waals surface area contributed by atoms with E-state index in [0.717, 1.165) is 5.56 Å². The lowest BCUT2D eigenvalue weighted by atomic mass is 10.2. The molecule has 0 saturated carbocycles. The number of amides is 2. The summed E-state index contributed by atoms with van der Waals surface area (Å²) in [5, 5.41) is 5.71. The van der Waals surface area contributed by atoms with Gasteiger partial charge in [-0.15, -0.1) is 0 Å². The predicted octanol–water partition coefficient (Wildman–Crippen LogP) is 5.45. The first-order chi connectivity index (χ1) is 17.6. The largest absolute Gasteiger partial charge is 0.492 e. The summed E-state index contributed by atoms with van der Waals surface area (Å²) < 4.78 is 11.5. The molecule has 0 aliphatic carbocycles. The van der Waals surface area contributed by atoms with Crippen molar-refractivity contribution >= 4 is 23.2 Å². The lowest BCUT2D eigenvalue weighted by molar-refractivity contribution is 0.101. The number of benzene rings is 3. The number of anilines is 2. The molecular formula is C28H26N4O4. The fourth-order valence-corrected chi connectivity index (χ4v) is 3.47. The van der Waals surface area contributed by atoms with Crippen LogP contribution in [0.2, 0.25) is 0 Å². The Morgan fingerprint density at radius 2 is 1.17 bits per heavy atom. The number of nitrogens with zero attached hydrogens (tertiary/aromatic N) is 2. The minimum Gasteiger partial charge on any atom is -0.492 e. The Labute approximate surface area is 209 Å². The molecule has 182 valence electrons. The van der Waals surface area contributed by atoms with Crippen molar-refractivity contribution in [2.45, 2.75) is 13.8 Å². The Morgan fingerprint density at radius 1 is 0.694 bits per heavy atom. The van der Waals surface area contributed by atoms with Gasteiger partial charge in [-0.25, -0.2) is 9.97 Å². The van der Waals surface area contributed by atoms with E-state index in [-0.39, 0.29) is 11.5 Å². The number of hydrogen-bond donors (Lipinski definition) is 2. The predicted molar refractivity (Wildman–Crippen MR) is 139 cm³/mol. The third-order valence-corrected chi connectivity index (χ3v) is 5.16. The van der Waals surface area contributed by atoms with Gasteiger partial charge in [0, 0.05) is 35.7 Å². The van der Waals surface area contributed by atoms with E-state index >= 15 is 0 Å². The highest BCUT2D eigenvalue weighted by Crippen LogP contribution is 2.37. The fourth-order valence-electron chi connectivity index (χ4n) is 3.47. The van der Waals surface area contributed by atoms with Crippen LogP contribution >= 0.6 is 0 Å². The lowest BCUT2D eigenvalue weighted by Gasteiger charge is -2.18. The highest BCUT2D eigenvalue weighted by atomic mass is 16.5. The van der Waals surface area contributed by atoms with Crippen molar-refractivity contribution in [2.24, 2.45) is 0 Å². The van der Waals surface area contributed by atoms with Gasteiger partial charge in [-0.3, -0.25) is 9.59 Å². The zero-order valence-corrected chi connectivity index (χ0v) is 20.0. The molecule has 2 N–H and O–H groups in total. The van der Waals surface area contributed by atoms with Crippen LogP contribution < -0.4 is 20.1 Å². The third-order valence-electron chi connectivity index (χ3n) is 5.16. The number of carbonyl (C=O) groups is 2. The average molecular weight is 483 g/mol. The molecule has 0 bridgehead atoms. The van der Waals surface area contributed by atoms with Crippen molar-refractivity contribution in [1.82, 2.24) is 9.97 Å². The zero-order chi connectivity index (χ0) is 25.3. The van der Waals surface area contributed by atoms with Crippen LogP contribution in [0, 0.1) is 0 Å². The summed E-state index contributed by atoms with van der Waals surface area (Å²) in [4.78, 5) is 34.3. The molecule has 1 heterocycles. The van der Waals surface area contributed by atoms with Gasteiger partial charge in [-0.2, -0.15) is 0 Å². The summed E-state index contributed by atoms with van der Waals surface area (Å²) in [6.07, 6.45) is 2.95. The Kier molecular flexibility index (Phi) is 7.87. The maximum absolute atomic E-state index is 13.0. The minimum absolute atomic E-state index is 0.286. The first-order valence-electron chi connectivity index (χ1n) is 11.6. The molecule has 0 saturated heterocycles. The molecule has 1 aromatic heterocycles. The molecule has 0 unspecified atom stereocenters. The zero-order valence-electron chi connectivity index (χ0n) is 20.0. The standard InChI is InChI=1S/C28H26N4O4/c1-3-35-24-16-23(25(36-4-2)15-22(24)31-27(33)20-13-9-6-10-14-20)32-28(34)21-17-29-26(30-18-21)19-11-7-5-8-12-19/h5-18H,3-4H2,1-2H3,(H,31,33)(H,32,34). The molecule has 0 aliphatic heterocycles. The van der Waals surface area contributed by atoms with Crippen molar-refractivity contribution in [3.63, 3.8) is 0 Å². The summed E-state index contributed by atoms with van der Waals surface area (Å²) in [5.41, 5.74) is 2.49. The van der Waals surface area contributed by atoms with E-state index in [0.29, 0.717) is 47.5 Å². The van der Waals surface area contributed by atoms with Gasteiger partial charge in [0.1, 0.15) is 11.5 Å². The number of nitrogens with one attached hydrogen (secondary N) is 2. The lowest BCUT2D eigenvalue weighted by Crippen LogP contribution is -2.16. The molecule has 2 amide bonds. The quantitative estimate of drug-likeness (QED) is 0.329. The molecule has 0 atom stereocenters. The van der Waals surface area contributed by atoms with Gasteiger partial charge in [0.25, 0.3) is 11.8 Å². The van der Waals surface area contributed by atoms with Crippen LogP contribution in [0.4, 0.5) is 11.4 Å². The number of ether oxygens (including phenoxy) is 2. The number of rotatable bonds is 9. The summed E-state index contributed by atoms with van der Waals surface area (Å²) in [6, 6.07) is 21.6. The van der Waals surface area contributed by atoms with Gasteiger partial charge in [0.05, 0.1) is 30.2 Å². The first kappa shape index (κ1) is 24.4. The van der Waals surface area contributed by atoms with E-state index in [1.165, 1.54) is 12.4 Å². The van der Waals surface area contributed by atoms with E-state index in [9.17, 15) is 9.59 Å². The first-order valence-corrected chi connectivity index (χ1v) is 11.6. The Hall–Kier alpha value is -4.72. The van der Waals surface area contributed by atoms with Gasteiger partial charge in [0.2, 0.25) is 0 Å². The Bertz CT molecular complexity index is 1330. The smallest absolute Gasteiger partial charge is 0.258 e. The summed E-state index contributed by atoms with van der Waals surface area (Å²) in [5.74, 6) is 0.625. The monoisotopic (exact) mass is 482 g/mol. The van der Waals surface area contributed by atoms with Crippen molar-refractivity contribution in [2.75, 3.05) is 23.8 Å². The van der Waals surface area contributed by atoms with Gasteiger partial charge in [-0.05, 0) is 26.0 Å². The Morgan fingerprint density at radius 3 is 1.67 bits per heavy atom. The summed E-state index contributed by atoms with van der Waals surface area (Å²) in [7, 11) is 0. The SMILES string of the molecule is CCOc1cc(NC(=O)c2cnc(-c3ccccc3)nc2)c(OCC)cc1NC(=O)c1ccccc1. The van der Waals surface area contributed by atoms with E-state index in [1.807, 2.05) is 50.2 Å². The van der Waals surface area contributed by atoms with Gasteiger partial charge in [0.15, 0.2) is 5.82 Å². The van der Waals surface area contributed by atoms with E-state index in [4.69, 9.17) is 9.47 Å². The van der Waals surface area contributed by atoms with Crippen LogP contribution in [0.25, 0.3) is 11.4 Å². The minimum atomic E-state index is -0.404. The number of hydrogen-bond acceptors (Lipinski definition) is 6. The second-order valence-electron chi connectivity index (χ2n) is 7.65. The molecule has 3 aromatic carbocycles. The van der Waals surface area contributed by atoms with Gasteiger partial charge >= 0.3 is 0 Å². The van der Waals surface area contributed by atoms with Crippen molar-refractivity contribution in [1.29, 1.82) is 0 Å². The highest BCUT2D eigenvalue weighted by molar-refractivity contribution is 6.07. The second-order valence-corrected chi connectivity index (χ2v) is 7.65. The van der Waals surface area contributed by atoms with Crippen molar-refractivity contribution < 1.29 is 19.1 Å². The maximum Gasteiger partial charge on any atom is 0.258 e. The second kappa shape index (κ2) is 11.6. The van der Waals surface area contributed by atoms with Crippen molar-refractivity contribution in [3.8, 4) is 22.9 Å². The van der Waals surface area contributed by atoms with Crippen LogP contribution in [-0.2, 0) is 0 Å². The molecular weight excluding hydrogens is 456 g/mol. The number of aromatic nitrogens is 2. The van der Waals surface area contributed by atoms with E-state index < -0.39 is 5.91 Å². The topological polar surface area (TPSA) is 102 Å². The van der Waals surface area contributed by atoms with Gasteiger partial charge < -0.3 is 20.1 Å². The molecule has 4 aromatic rings. The van der Waals surface area contributed by atoms with Crippen LogP contribution in [0.15, 0.2) is 85.2 Å². The van der Waals surface area contributed by atoms with E-state index in [1.54, 1.807) is 36.4 Å². The molecule has 8 nitrogen and oxygen atoms in total. The van der Waals surface area contributed by atoms with Crippen LogP contribution in [0.1, 0.15) is 34.6 Å². The average Bonchev–Trinajstić information content (AvgIpc) is 2.92. The third kappa shape index (κ3) is 5.85. The maximum atomic E-state index is 13.0. The molecule has 0 fully saturated rings. The van der Waals surface area contributed by atoms with Crippen LogP contribution in [0.3, 0.4) is 0 Å². The molecule has 36 heavy (non-hydrogen) atoms. The fraction of sp³-hybridized carbons (Fsp3) is 0.143. The van der Waals surface area contributed by atoms with Gasteiger partial charge in [-0.1, -0.05) is 48.5 Å². The van der Waals surface area contributed by atoms with E-state index in [2.05, 4.69) is 20.6 Å². The van der Waals surface area contributed by atoms with Crippen LogP contribution in [0.5, 0.6) is 11.5 Å². The molecule has 0 aliphatic rings. The summed E-state index contributed by atoms with van der Waals surface area (Å²) in [6.45, 7) is 4.39. The normalized spacial score (nSPS) is 10.4. The molecule has 8 heteroatoms. The molecule has 0 spiro atoms. The Balaban J connectivity index is 1.58. The highest BCUT2D eigenvalue weighted by Gasteiger charge is 2.18. The molecule has 4 rings (SSSR count).